The highest BCUT2D eigenvalue weighted by atomic mass is 35.5. The summed E-state index contributed by atoms with van der Waals surface area (Å²) >= 11 is 6.36. The number of hydrogen-bond donors (Lipinski definition) is 1. The van der Waals surface area contributed by atoms with Crippen LogP contribution in [-0.4, -0.2) is 35.2 Å². The smallest absolute Gasteiger partial charge is 0.250 e. The highest BCUT2D eigenvalue weighted by molar-refractivity contribution is 6.35. The van der Waals surface area contributed by atoms with Gasteiger partial charge in [-0.1, -0.05) is 23.7 Å². The van der Waals surface area contributed by atoms with Crippen LogP contribution in [0.1, 0.15) is 18.4 Å². The minimum absolute atomic E-state index is 0.201. The van der Waals surface area contributed by atoms with Crippen molar-refractivity contribution in [3.8, 4) is 0 Å². The van der Waals surface area contributed by atoms with E-state index in [2.05, 4.69) is 5.32 Å². The van der Waals surface area contributed by atoms with Crippen LogP contribution in [0.5, 0.6) is 0 Å². The van der Waals surface area contributed by atoms with E-state index in [1.807, 2.05) is 11.0 Å². The zero-order valence-electron chi connectivity index (χ0n) is 15.8. The van der Waals surface area contributed by atoms with E-state index in [1.165, 1.54) is 24.3 Å². The van der Waals surface area contributed by atoms with Crippen molar-refractivity contribution >= 4 is 40.7 Å². The molecule has 152 valence electrons. The van der Waals surface area contributed by atoms with Gasteiger partial charge >= 0.3 is 0 Å². The average molecular weight is 426 g/mol. The van der Waals surface area contributed by atoms with Gasteiger partial charge in [0.2, 0.25) is 11.8 Å². The van der Waals surface area contributed by atoms with E-state index in [0.717, 1.165) is 17.7 Å². The minimum atomic E-state index is -1.26. The van der Waals surface area contributed by atoms with Gasteiger partial charge in [-0.25, -0.2) is 9.29 Å². The fraction of sp³-hybridized carbons (Fsp3) is 0.318. The first-order valence-electron chi connectivity index (χ1n) is 9.97. The summed E-state index contributed by atoms with van der Waals surface area (Å²) in [6, 6.07) is 10.4. The Kier molecular flexibility index (Phi) is 3.54. The average Bonchev–Trinajstić information content (AvgIpc) is 3.42. The van der Waals surface area contributed by atoms with Crippen LogP contribution in [-0.2, 0) is 19.9 Å². The van der Waals surface area contributed by atoms with Crippen LogP contribution in [0.2, 0.25) is 5.02 Å². The van der Waals surface area contributed by atoms with Crippen LogP contribution in [0.4, 0.5) is 15.8 Å². The number of rotatable bonds is 1. The highest BCUT2D eigenvalue weighted by Crippen LogP contribution is 2.61. The monoisotopic (exact) mass is 425 g/mol. The molecule has 4 atom stereocenters. The van der Waals surface area contributed by atoms with E-state index < -0.39 is 29.1 Å². The molecule has 6 nitrogen and oxygen atoms in total. The number of carbonyl (C=O) groups excluding carboxylic acids is 3. The summed E-state index contributed by atoms with van der Waals surface area (Å²) in [5, 5.41) is 3.28. The molecule has 3 fully saturated rings. The second kappa shape index (κ2) is 5.89. The van der Waals surface area contributed by atoms with Crippen molar-refractivity contribution in [2.45, 2.75) is 24.4 Å². The second-order valence-electron chi connectivity index (χ2n) is 8.28. The Hall–Kier alpha value is -2.77. The third-order valence-corrected chi connectivity index (χ3v) is 7.38. The van der Waals surface area contributed by atoms with Crippen molar-refractivity contribution in [3.63, 3.8) is 0 Å². The third kappa shape index (κ3) is 1.95. The normalized spacial score (nSPS) is 32.0. The summed E-state index contributed by atoms with van der Waals surface area (Å²) in [5.41, 5.74) is 0.232. The Morgan fingerprint density at radius 3 is 2.60 bits per heavy atom. The van der Waals surface area contributed by atoms with E-state index in [-0.39, 0.29) is 17.9 Å². The third-order valence-electron chi connectivity index (χ3n) is 7.06. The molecule has 0 bridgehead atoms. The van der Waals surface area contributed by atoms with Crippen molar-refractivity contribution in [2.24, 2.45) is 11.8 Å². The topological polar surface area (TPSA) is 69.7 Å². The number of nitrogens with one attached hydrogen (secondary N) is 1. The molecule has 1 N–H and O–H groups in total. The Balaban J connectivity index is 1.56. The molecule has 8 heteroatoms. The largest absolute Gasteiger partial charge is 0.323 e. The van der Waals surface area contributed by atoms with E-state index in [9.17, 15) is 18.8 Å². The lowest BCUT2D eigenvalue weighted by Gasteiger charge is -2.36. The molecular weight excluding hydrogens is 409 g/mol. The molecule has 0 radical (unpaired) electrons. The van der Waals surface area contributed by atoms with Crippen LogP contribution < -0.4 is 10.2 Å². The summed E-state index contributed by atoms with van der Waals surface area (Å²) in [4.78, 5) is 43.8. The maximum Gasteiger partial charge on any atom is 0.250 e. The molecular formula is C22H17ClFN3O3. The molecule has 0 saturated carbocycles. The lowest BCUT2D eigenvalue weighted by molar-refractivity contribution is -0.135. The number of hydrogen-bond acceptors (Lipinski definition) is 4. The van der Waals surface area contributed by atoms with Crippen molar-refractivity contribution in [3.05, 3.63) is 58.9 Å². The van der Waals surface area contributed by atoms with Crippen LogP contribution in [0.3, 0.4) is 0 Å². The Morgan fingerprint density at radius 1 is 1.07 bits per heavy atom. The number of benzene rings is 2. The summed E-state index contributed by atoms with van der Waals surface area (Å²) in [6.07, 6.45) is 1.58. The van der Waals surface area contributed by atoms with Gasteiger partial charge in [-0.05, 0) is 49.7 Å². The Bertz CT molecular complexity index is 1140. The first-order chi connectivity index (χ1) is 14.5. The van der Waals surface area contributed by atoms with Gasteiger partial charge in [-0.15, -0.1) is 0 Å². The molecule has 1 spiro atoms. The molecule has 30 heavy (non-hydrogen) atoms. The summed E-state index contributed by atoms with van der Waals surface area (Å²) in [5.74, 6) is -2.98. The van der Waals surface area contributed by atoms with Gasteiger partial charge in [0.05, 0.1) is 28.2 Å². The van der Waals surface area contributed by atoms with Crippen LogP contribution in [0, 0.1) is 17.7 Å². The minimum Gasteiger partial charge on any atom is -0.323 e. The van der Waals surface area contributed by atoms with E-state index in [0.29, 0.717) is 28.5 Å². The molecule has 0 unspecified atom stereocenters. The maximum absolute atomic E-state index is 13.7. The first kappa shape index (κ1) is 18.0. The lowest BCUT2D eigenvalue weighted by atomic mass is 9.75. The molecule has 0 aliphatic carbocycles. The summed E-state index contributed by atoms with van der Waals surface area (Å²) in [6.45, 7) is 0.633. The molecule has 2 aromatic carbocycles. The number of carbonyl (C=O) groups is 3. The summed E-state index contributed by atoms with van der Waals surface area (Å²) < 4.78 is 13.4. The van der Waals surface area contributed by atoms with Crippen molar-refractivity contribution in [2.75, 3.05) is 16.8 Å². The number of para-hydroxylation sites is 1. The molecule has 3 amide bonds. The number of amides is 3. The van der Waals surface area contributed by atoms with Crippen LogP contribution in [0.25, 0.3) is 0 Å². The number of nitrogens with zero attached hydrogens (tertiary/aromatic N) is 2. The van der Waals surface area contributed by atoms with Gasteiger partial charge in [-0.2, -0.15) is 0 Å². The van der Waals surface area contributed by atoms with Gasteiger partial charge in [0, 0.05) is 11.6 Å². The molecule has 4 aliphatic heterocycles. The molecule has 0 aromatic heterocycles. The number of anilines is 2. The highest BCUT2D eigenvalue weighted by Gasteiger charge is 2.74. The quantitative estimate of drug-likeness (QED) is 0.713. The molecule has 3 saturated heterocycles. The SMILES string of the molecule is O=C1[C@@H]2[C@@H]3CCCN3[C@]3(C(=O)Nc4c(Cl)cccc43)[C@H]2C(=O)N1c1ccc(F)cc1. The number of fused-ring (bicyclic) bond motifs is 7. The molecule has 6 rings (SSSR count). The van der Waals surface area contributed by atoms with Gasteiger partial charge in [0.25, 0.3) is 5.91 Å². The number of imide groups is 1. The van der Waals surface area contributed by atoms with Gasteiger partial charge < -0.3 is 5.32 Å². The van der Waals surface area contributed by atoms with Crippen molar-refractivity contribution in [1.29, 1.82) is 0 Å². The summed E-state index contributed by atoms with van der Waals surface area (Å²) in [7, 11) is 0. The first-order valence-corrected chi connectivity index (χ1v) is 10.3. The van der Waals surface area contributed by atoms with Gasteiger partial charge in [-0.3, -0.25) is 19.3 Å². The van der Waals surface area contributed by atoms with Crippen molar-refractivity contribution < 1.29 is 18.8 Å². The predicted molar refractivity (Wildman–Crippen MR) is 107 cm³/mol. The zero-order valence-corrected chi connectivity index (χ0v) is 16.5. The lowest BCUT2D eigenvalue weighted by Crippen LogP contribution is -2.54. The zero-order chi connectivity index (χ0) is 20.8. The predicted octanol–water partition coefficient (Wildman–Crippen LogP) is 2.91. The second-order valence-corrected chi connectivity index (χ2v) is 8.68. The molecule has 2 aromatic rings. The fourth-order valence-electron chi connectivity index (χ4n) is 6.04. The fourth-order valence-corrected chi connectivity index (χ4v) is 6.26. The Morgan fingerprint density at radius 2 is 1.83 bits per heavy atom. The van der Waals surface area contributed by atoms with E-state index in [4.69, 9.17) is 11.6 Å². The standard InChI is InChI=1S/C22H17ClFN3O3/c23-14-4-1-3-13-18(14)25-21(30)22(13)17-16(15-5-2-10-26(15)22)19(28)27(20(17)29)12-8-6-11(24)7-9-12/h1,3-4,6-9,15-17H,2,5,10H2,(H,25,30)/t15-,16+,17+,22-/m0/s1. The molecule has 4 aliphatic rings. The number of halogens is 2. The van der Waals surface area contributed by atoms with Gasteiger partial charge in [0.1, 0.15) is 11.4 Å². The van der Waals surface area contributed by atoms with Crippen LogP contribution in [0.15, 0.2) is 42.5 Å². The van der Waals surface area contributed by atoms with Gasteiger partial charge in [0.15, 0.2) is 0 Å². The Labute approximate surface area is 176 Å². The maximum atomic E-state index is 13.7. The van der Waals surface area contributed by atoms with E-state index in [1.54, 1.807) is 12.1 Å². The van der Waals surface area contributed by atoms with Crippen molar-refractivity contribution in [1.82, 2.24) is 4.90 Å². The molecule has 4 heterocycles. The van der Waals surface area contributed by atoms with E-state index >= 15 is 0 Å². The van der Waals surface area contributed by atoms with Crippen LogP contribution >= 0.6 is 11.6 Å².